The second kappa shape index (κ2) is 5.15. The number of nitrogens with two attached hydrogens (primary N) is 1. The van der Waals surface area contributed by atoms with Crippen LogP contribution in [0.1, 0.15) is 5.56 Å². The van der Waals surface area contributed by atoms with Gasteiger partial charge in [0.05, 0.1) is 17.3 Å². The number of hydrogen-bond acceptors (Lipinski definition) is 5. The van der Waals surface area contributed by atoms with Gasteiger partial charge in [-0.05, 0) is 34.1 Å². The van der Waals surface area contributed by atoms with E-state index < -0.39 is 10.0 Å². The topological polar surface area (TPSA) is 114 Å². The minimum absolute atomic E-state index is 0.0789. The van der Waals surface area contributed by atoms with Crippen LogP contribution in [0, 0.1) is 11.3 Å². The molecule has 0 fully saturated rings. The van der Waals surface area contributed by atoms with Gasteiger partial charge in [0.2, 0.25) is 0 Å². The first-order valence-electron chi connectivity index (χ1n) is 5.35. The number of hydrogen-bond donors (Lipinski definition) is 2. The van der Waals surface area contributed by atoms with E-state index in [-0.39, 0.29) is 10.7 Å². The predicted molar refractivity (Wildman–Crippen MR) is 77.3 cm³/mol. The van der Waals surface area contributed by atoms with Crippen molar-refractivity contribution >= 4 is 37.5 Å². The summed E-state index contributed by atoms with van der Waals surface area (Å²) in [6, 6.07) is 6.48. The third kappa shape index (κ3) is 2.76. The smallest absolute Gasteiger partial charge is 0.267 e. The van der Waals surface area contributed by atoms with E-state index in [0.29, 0.717) is 15.7 Å². The Hall–Kier alpha value is -2.05. The lowest BCUT2D eigenvalue weighted by Crippen LogP contribution is -2.14. The Morgan fingerprint density at radius 2 is 2.20 bits per heavy atom. The Kier molecular flexibility index (Phi) is 3.69. The van der Waals surface area contributed by atoms with Crippen molar-refractivity contribution in [2.75, 3.05) is 10.5 Å². The summed E-state index contributed by atoms with van der Waals surface area (Å²) in [6.45, 7) is 0. The van der Waals surface area contributed by atoms with Crippen LogP contribution in [0.25, 0.3) is 0 Å². The summed E-state index contributed by atoms with van der Waals surface area (Å²) in [6.07, 6.45) is 1.31. The van der Waals surface area contributed by atoms with Gasteiger partial charge in [-0.2, -0.15) is 10.4 Å². The number of sulfonamides is 1. The standard InChI is InChI=1S/C11H10BrN5O2S/c1-17-6-10(11(14)15-17)20(18,19)16-9-3-2-7(5-13)4-8(9)12/h2-4,6,16H,1H3,(H2,14,15). The fraction of sp³-hybridized carbons (Fsp3) is 0.0909. The number of rotatable bonds is 3. The second-order valence-corrected chi connectivity index (χ2v) is 6.47. The summed E-state index contributed by atoms with van der Waals surface area (Å²) in [5.41, 5.74) is 6.29. The molecule has 0 saturated carbocycles. The van der Waals surface area contributed by atoms with Gasteiger partial charge >= 0.3 is 0 Å². The zero-order valence-corrected chi connectivity index (χ0v) is 12.7. The average molecular weight is 356 g/mol. The lowest BCUT2D eigenvalue weighted by Gasteiger charge is -2.08. The van der Waals surface area contributed by atoms with Crippen molar-refractivity contribution < 1.29 is 8.42 Å². The van der Waals surface area contributed by atoms with E-state index in [2.05, 4.69) is 25.8 Å². The van der Waals surface area contributed by atoms with Crippen LogP contribution in [0.5, 0.6) is 0 Å². The molecule has 2 aromatic rings. The molecule has 20 heavy (non-hydrogen) atoms. The van der Waals surface area contributed by atoms with Gasteiger partial charge in [0.1, 0.15) is 4.90 Å². The van der Waals surface area contributed by atoms with Crippen molar-refractivity contribution in [1.29, 1.82) is 5.26 Å². The van der Waals surface area contributed by atoms with Gasteiger partial charge in [0.15, 0.2) is 5.82 Å². The number of nitriles is 1. The van der Waals surface area contributed by atoms with Gasteiger partial charge in [0, 0.05) is 17.7 Å². The van der Waals surface area contributed by atoms with Crippen LogP contribution in [0.15, 0.2) is 33.8 Å². The molecule has 104 valence electrons. The molecule has 0 amide bonds. The van der Waals surface area contributed by atoms with Crippen LogP contribution in [0.3, 0.4) is 0 Å². The molecule has 1 aromatic heterocycles. The highest BCUT2D eigenvalue weighted by Gasteiger charge is 2.21. The van der Waals surface area contributed by atoms with E-state index in [9.17, 15) is 8.42 Å². The molecule has 1 aromatic carbocycles. The molecule has 9 heteroatoms. The van der Waals surface area contributed by atoms with Gasteiger partial charge in [-0.25, -0.2) is 8.42 Å². The van der Waals surface area contributed by atoms with E-state index in [1.54, 1.807) is 7.05 Å². The fourth-order valence-corrected chi connectivity index (χ4v) is 3.35. The summed E-state index contributed by atoms with van der Waals surface area (Å²) in [5, 5.41) is 12.6. The Labute approximate surface area is 124 Å². The molecule has 0 radical (unpaired) electrons. The highest BCUT2D eigenvalue weighted by Crippen LogP contribution is 2.27. The van der Waals surface area contributed by atoms with Crippen LogP contribution < -0.4 is 10.5 Å². The van der Waals surface area contributed by atoms with Crippen molar-refractivity contribution in [3.05, 3.63) is 34.4 Å². The minimum Gasteiger partial charge on any atom is -0.381 e. The number of nitrogens with one attached hydrogen (secondary N) is 1. The van der Waals surface area contributed by atoms with Gasteiger partial charge in [-0.15, -0.1) is 0 Å². The van der Waals surface area contributed by atoms with Gasteiger partial charge in [-0.1, -0.05) is 0 Å². The summed E-state index contributed by atoms with van der Waals surface area (Å²) in [7, 11) is -2.26. The van der Waals surface area contributed by atoms with Crippen molar-refractivity contribution in [2.24, 2.45) is 7.05 Å². The molecule has 0 unspecified atom stereocenters. The third-order valence-corrected chi connectivity index (χ3v) is 4.49. The van der Waals surface area contributed by atoms with Crippen LogP contribution in [0.2, 0.25) is 0 Å². The number of nitrogen functional groups attached to an aromatic ring is 1. The highest BCUT2D eigenvalue weighted by molar-refractivity contribution is 9.10. The maximum Gasteiger partial charge on any atom is 0.267 e. The molecule has 0 aliphatic rings. The maximum absolute atomic E-state index is 12.2. The number of nitrogens with zero attached hydrogens (tertiary/aromatic N) is 3. The maximum atomic E-state index is 12.2. The van der Waals surface area contributed by atoms with Crippen LogP contribution in [-0.4, -0.2) is 18.2 Å². The first-order chi connectivity index (χ1) is 9.33. The third-order valence-electron chi connectivity index (χ3n) is 2.45. The average Bonchev–Trinajstić information content (AvgIpc) is 2.71. The molecular formula is C11H10BrN5O2S. The zero-order chi connectivity index (χ0) is 14.9. The van der Waals surface area contributed by atoms with Crippen LogP contribution in [0.4, 0.5) is 11.5 Å². The van der Waals surface area contributed by atoms with Crippen molar-refractivity contribution in [3.8, 4) is 6.07 Å². The van der Waals surface area contributed by atoms with Crippen molar-refractivity contribution in [2.45, 2.75) is 4.90 Å². The summed E-state index contributed by atoms with van der Waals surface area (Å²) in [4.78, 5) is -0.101. The van der Waals surface area contributed by atoms with E-state index >= 15 is 0 Å². The van der Waals surface area contributed by atoms with E-state index in [0.717, 1.165) is 0 Å². The molecule has 2 rings (SSSR count). The SMILES string of the molecule is Cn1cc(S(=O)(=O)Nc2ccc(C#N)cc2Br)c(N)n1. The Bertz CT molecular complexity index is 807. The molecule has 0 aliphatic carbocycles. The number of aryl methyl sites for hydroxylation is 1. The minimum atomic E-state index is -3.84. The molecule has 0 aliphatic heterocycles. The molecular weight excluding hydrogens is 346 g/mol. The summed E-state index contributed by atoms with van der Waals surface area (Å²) >= 11 is 3.21. The highest BCUT2D eigenvalue weighted by atomic mass is 79.9. The van der Waals surface area contributed by atoms with Crippen molar-refractivity contribution in [1.82, 2.24) is 9.78 Å². The van der Waals surface area contributed by atoms with Gasteiger partial charge in [0.25, 0.3) is 10.0 Å². The van der Waals surface area contributed by atoms with E-state index in [1.165, 1.54) is 29.1 Å². The first-order valence-corrected chi connectivity index (χ1v) is 7.62. The van der Waals surface area contributed by atoms with E-state index in [4.69, 9.17) is 11.0 Å². The zero-order valence-electron chi connectivity index (χ0n) is 10.3. The molecule has 0 bridgehead atoms. The second-order valence-electron chi connectivity index (χ2n) is 3.96. The Morgan fingerprint density at radius 3 is 2.70 bits per heavy atom. The molecule has 0 atom stereocenters. The lowest BCUT2D eigenvalue weighted by molar-refractivity contribution is 0.601. The van der Waals surface area contributed by atoms with E-state index in [1.807, 2.05) is 6.07 Å². The fourth-order valence-electron chi connectivity index (χ4n) is 1.56. The number of benzene rings is 1. The molecule has 1 heterocycles. The number of anilines is 2. The number of halogens is 1. The number of aromatic nitrogens is 2. The first kappa shape index (κ1) is 14.4. The summed E-state index contributed by atoms with van der Waals surface area (Å²) in [5.74, 6) is -0.0789. The van der Waals surface area contributed by atoms with Crippen molar-refractivity contribution in [3.63, 3.8) is 0 Å². The largest absolute Gasteiger partial charge is 0.381 e. The monoisotopic (exact) mass is 355 g/mol. The molecule has 0 spiro atoms. The Balaban J connectivity index is 2.39. The molecule has 3 N–H and O–H groups in total. The lowest BCUT2D eigenvalue weighted by atomic mass is 10.2. The summed E-state index contributed by atoms with van der Waals surface area (Å²) < 4.78 is 28.6. The quantitative estimate of drug-likeness (QED) is 0.864. The predicted octanol–water partition coefficient (Wildman–Crippen LogP) is 1.44. The van der Waals surface area contributed by atoms with Gasteiger partial charge < -0.3 is 5.73 Å². The van der Waals surface area contributed by atoms with Crippen LogP contribution >= 0.6 is 15.9 Å². The normalized spacial score (nSPS) is 11.1. The van der Waals surface area contributed by atoms with Gasteiger partial charge in [-0.3, -0.25) is 9.40 Å². The van der Waals surface area contributed by atoms with Crippen LogP contribution in [-0.2, 0) is 17.1 Å². The molecule has 7 nitrogen and oxygen atoms in total. The Morgan fingerprint density at radius 1 is 1.50 bits per heavy atom. The molecule has 0 saturated heterocycles.